The highest BCUT2D eigenvalue weighted by molar-refractivity contribution is 6.32. The standard InChI is InChI=1S/C13H20ClNO3/c1-4-18-13-11(14)7-10(8-12(13)17-3)9-15-5-6-16-2/h7-8,15H,4-6,9H2,1-3H3. The predicted octanol–water partition coefficient (Wildman–Crippen LogP) is 2.48. The molecule has 0 unspecified atom stereocenters. The Labute approximate surface area is 113 Å². The number of hydrogen-bond acceptors (Lipinski definition) is 4. The summed E-state index contributed by atoms with van der Waals surface area (Å²) in [4.78, 5) is 0. The Morgan fingerprint density at radius 2 is 2.06 bits per heavy atom. The van der Waals surface area contributed by atoms with Crippen LogP contribution in [-0.2, 0) is 11.3 Å². The van der Waals surface area contributed by atoms with Crippen molar-refractivity contribution in [2.24, 2.45) is 0 Å². The summed E-state index contributed by atoms with van der Waals surface area (Å²) in [6, 6.07) is 3.81. The number of nitrogens with one attached hydrogen (secondary N) is 1. The summed E-state index contributed by atoms with van der Waals surface area (Å²) in [5, 5.41) is 3.82. The molecule has 4 nitrogen and oxygen atoms in total. The van der Waals surface area contributed by atoms with Gasteiger partial charge in [-0.25, -0.2) is 0 Å². The lowest BCUT2D eigenvalue weighted by molar-refractivity contribution is 0.199. The fourth-order valence-corrected chi connectivity index (χ4v) is 1.85. The first-order chi connectivity index (χ1) is 8.72. The van der Waals surface area contributed by atoms with Crippen molar-refractivity contribution in [2.45, 2.75) is 13.5 Å². The maximum atomic E-state index is 6.17. The Morgan fingerprint density at radius 1 is 1.28 bits per heavy atom. The van der Waals surface area contributed by atoms with Gasteiger partial charge in [-0.05, 0) is 24.6 Å². The van der Waals surface area contributed by atoms with Crippen LogP contribution < -0.4 is 14.8 Å². The Kier molecular flexibility index (Phi) is 6.86. The van der Waals surface area contributed by atoms with Crippen LogP contribution in [0, 0.1) is 0 Å². The lowest BCUT2D eigenvalue weighted by Crippen LogP contribution is -2.18. The summed E-state index contributed by atoms with van der Waals surface area (Å²) in [5.41, 5.74) is 1.05. The second-order valence-corrected chi connectivity index (χ2v) is 4.12. The maximum absolute atomic E-state index is 6.17. The molecule has 0 aliphatic heterocycles. The van der Waals surface area contributed by atoms with Gasteiger partial charge in [0.25, 0.3) is 0 Å². The Hall–Kier alpha value is -0.970. The molecule has 0 aliphatic rings. The van der Waals surface area contributed by atoms with Gasteiger partial charge < -0.3 is 19.5 Å². The van der Waals surface area contributed by atoms with Crippen molar-refractivity contribution in [3.8, 4) is 11.5 Å². The van der Waals surface area contributed by atoms with E-state index in [0.717, 1.165) is 12.1 Å². The largest absolute Gasteiger partial charge is 0.493 e. The zero-order chi connectivity index (χ0) is 13.4. The van der Waals surface area contributed by atoms with Gasteiger partial charge in [0, 0.05) is 20.2 Å². The molecule has 0 fully saturated rings. The fraction of sp³-hybridized carbons (Fsp3) is 0.538. The highest BCUT2D eigenvalue weighted by Gasteiger charge is 2.11. The molecule has 0 radical (unpaired) electrons. The molecule has 1 aromatic rings. The van der Waals surface area contributed by atoms with Crippen LogP contribution in [0.2, 0.25) is 5.02 Å². The quantitative estimate of drug-likeness (QED) is 0.739. The summed E-state index contributed by atoms with van der Waals surface area (Å²) >= 11 is 6.17. The van der Waals surface area contributed by atoms with Crippen LogP contribution in [-0.4, -0.2) is 34.0 Å². The van der Waals surface area contributed by atoms with Crippen molar-refractivity contribution in [1.82, 2.24) is 5.32 Å². The van der Waals surface area contributed by atoms with Crippen LogP contribution in [0.5, 0.6) is 11.5 Å². The van der Waals surface area contributed by atoms with Crippen LogP contribution in [0.25, 0.3) is 0 Å². The van der Waals surface area contributed by atoms with Gasteiger partial charge >= 0.3 is 0 Å². The predicted molar refractivity (Wildman–Crippen MR) is 72.8 cm³/mol. The number of hydrogen-bond donors (Lipinski definition) is 1. The third kappa shape index (κ3) is 4.37. The van der Waals surface area contributed by atoms with E-state index in [9.17, 15) is 0 Å². The van der Waals surface area contributed by atoms with Crippen molar-refractivity contribution in [2.75, 3.05) is 34.0 Å². The Balaban J connectivity index is 2.73. The summed E-state index contributed by atoms with van der Waals surface area (Å²) < 4.78 is 15.7. The first-order valence-corrected chi connectivity index (χ1v) is 6.29. The normalized spacial score (nSPS) is 10.4. The van der Waals surface area contributed by atoms with E-state index in [0.29, 0.717) is 36.3 Å². The molecule has 1 aromatic carbocycles. The van der Waals surface area contributed by atoms with E-state index in [1.54, 1.807) is 14.2 Å². The fourth-order valence-electron chi connectivity index (χ4n) is 1.57. The van der Waals surface area contributed by atoms with Crippen molar-refractivity contribution in [3.05, 3.63) is 22.7 Å². The Morgan fingerprint density at radius 3 is 2.67 bits per heavy atom. The van der Waals surface area contributed by atoms with E-state index >= 15 is 0 Å². The molecule has 0 amide bonds. The van der Waals surface area contributed by atoms with Crippen LogP contribution in [0.15, 0.2) is 12.1 Å². The average molecular weight is 274 g/mol. The molecule has 5 heteroatoms. The molecule has 1 N–H and O–H groups in total. The van der Waals surface area contributed by atoms with Crippen LogP contribution in [0.1, 0.15) is 12.5 Å². The van der Waals surface area contributed by atoms with Gasteiger partial charge in [0.15, 0.2) is 11.5 Å². The second kappa shape index (κ2) is 8.19. The summed E-state index contributed by atoms with van der Waals surface area (Å²) in [5.74, 6) is 1.26. The zero-order valence-corrected chi connectivity index (χ0v) is 11.8. The van der Waals surface area contributed by atoms with Gasteiger partial charge in [-0.1, -0.05) is 11.6 Å². The van der Waals surface area contributed by atoms with Gasteiger partial charge in [0.05, 0.1) is 25.3 Å². The minimum absolute atomic E-state index is 0.557. The Bertz CT molecular complexity index is 371. The highest BCUT2D eigenvalue weighted by atomic mass is 35.5. The molecule has 0 spiro atoms. The van der Waals surface area contributed by atoms with Gasteiger partial charge in [0.2, 0.25) is 0 Å². The number of rotatable bonds is 8. The molecule has 18 heavy (non-hydrogen) atoms. The summed E-state index contributed by atoms with van der Waals surface area (Å²) in [6.45, 7) is 4.66. The molecule has 1 rings (SSSR count). The molecule has 0 aromatic heterocycles. The third-order valence-corrected chi connectivity index (χ3v) is 2.67. The molecule has 0 heterocycles. The zero-order valence-electron chi connectivity index (χ0n) is 11.1. The van der Waals surface area contributed by atoms with Gasteiger partial charge in [-0.3, -0.25) is 0 Å². The van der Waals surface area contributed by atoms with Crippen molar-refractivity contribution in [3.63, 3.8) is 0 Å². The number of benzene rings is 1. The van der Waals surface area contributed by atoms with E-state index in [4.69, 9.17) is 25.8 Å². The highest BCUT2D eigenvalue weighted by Crippen LogP contribution is 2.36. The summed E-state index contributed by atoms with van der Waals surface area (Å²) in [6.07, 6.45) is 0. The SMILES string of the molecule is CCOc1c(Cl)cc(CNCCOC)cc1OC. The molecule has 102 valence electrons. The first kappa shape index (κ1) is 15.1. The smallest absolute Gasteiger partial charge is 0.179 e. The van der Waals surface area contributed by atoms with E-state index < -0.39 is 0 Å². The molecule has 0 bridgehead atoms. The molecular formula is C13H20ClNO3. The van der Waals surface area contributed by atoms with E-state index in [1.807, 2.05) is 19.1 Å². The lowest BCUT2D eigenvalue weighted by atomic mass is 10.2. The van der Waals surface area contributed by atoms with Gasteiger partial charge in [-0.15, -0.1) is 0 Å². The topological polar surface area (TPSA) is 39.7 Å². The number of ether oxygens (including phenoxy) is 3. The first-order valence-electron chi connectivity index (χ1n) is 5.91. The number of halogens is 1. The maximum Gasteiger partial charge on any atom is 0.179 e. The van der Waals surface area contributed by atoms with E-state index in [1.165, 1.54) is 0 Å². The molecule has 0 saturated carbocycles. The van der Waals surface area contributed by atoms with Crippen LogP contribution in [0.4, 0.5) is 0 Å². The molecule has 0 atom stereocenters. The van der Waals surface area contributed by atoms with Gasteiger partial charge in [-0.2, -0.15) is 0 Å². The second-order valence-electron chi connectivity index (χ2n) is 3.71. The van der Waals surface area contributed by atoms with E-state index in [-0.39, 0.29) is 0 Å². The molecular weight excluding hydrogens is 254 g/mol. The van der Waals surface area contributed by atoms with Crippen molar-refractivity contribution < 1.29 is 14.2 Å². The minimum atomic E-state index is 0.557. The van der Waals surface area contributed by atoms with Gasteiger partial charge in [0.1, 0.15) is 0 Å². The number of methoxy groups -OCH3 is 2. The average Bonchev–Trinajstić information content (AvgIpc) is 2.37. The van der Waals surface area contributed by atoms with Crippen LogP contribution >= 0.6 is 11.6 Å². The summed E-state index contributed by atoms with van der Waals surface area (Å²) in [7, 11) is 3.29. The van der Waals surface area contributed by atoms with Crippen LogP contribution in [0.3, 0.4) is 0 Å². The minimum Gasteiger partial charge on any atom is -0.493 e. The van der Waals surface area contributed by atoms with E-state index in [2.05, 4.69) is 5.32 Å². The van der Waals surface area contributed by atoms with Crippen molar-refractivity contribution in [1.29, 1.82) is 0 Å². The lowest BCUT2D eigenvalue weighted by Gasteiger charge is -2.13. The molecule has 0 aliphatic carbocycles. The third-order valence-electron chi connectivity index (χ3n) is 2.39. The molecule has 0 saturated heterocycles. The monoisotopic (exact) mass is 273 g/mol. The van der Waals surface area contributed by atoms with Crippen molar-refractivity contribution >= 4 is 11.6 Å².